The van der Waals surface area contributed by atoms with Gasteiger partial charge in [-0.1, -0.05) is 31.5 Å². The van der Waals surface area contributed by atoms with Crippen molar-refractivity contribution >= 4 is 29.1 Å². The quantitative estimate of drug-likeness (QED) is 0.693. The number of nitrogens with zero attached hydrogens (tertiary/aromatic N) is 2. The summed E-state index contributed by atoms with van der Waals surface area (Å²) in [6.07, 6.45) is 2.23. The third-order valence-electron chi connectivity index (χ3n) is 5.73. The predicted molar refractivity (Wildman–Crippen MR) is 123 cm³/mol. The van der Waals surface area contributed by atoms with E-state index >= 15 is 0 Å². The van der Waals surface area contributed by atoms with E-state index in [4.69, 9.17) is 0 Å². The van der Waals surface area contributed by atoms with Crippen LogP contribution in [0.25, 0.3) is 0 Å². The molecule has 0 saturated carbocycles. The Labute approximate surface area is 184 Å². The first-order valence-electron chi connectivity index (χ1n) is 11.0. The Morgan fingerprint density at radius 2 is 1.81 bits per heavy atom. The largest absolute Gasteiger partial charge is 0.342 e. The van der Waals surface area contributed by atoms with Crippen molar-refractivity contribution < 1.29 is 14.4 Å². The van der Waals surface area contributed by atoms with E-state index in [1.165, 1.54) is 0 Å². The SMILES string of the molecule is CCCCN1C[C@H](C(=O)Nc2ccc(C(=O)N(CC)c3ccccc3C)cc2)CC1=O. The highest BCUT2D eigenvalue weighted by Gasteiger charge is 2.33. The van der Waals surface area contributed by atoms with Crippen LogP contribution in [0.4, 0.5) is 11.4 Å². The first-order valence-corrected chi connectivity index (χ1v) is 11.0. The molecule has 3 rings (SSSR count). The van der Waals surface area contributed by atoms with E-state index in [2.05, 4.69) is 12.2 Å². The van der Waals surface area contributed by atoms with Crippen LogP contribution in [-0.4, -0.2) is 42.3 Å². The minimum Gasteiger partial charge on any atom is -0.342 e. The summed E-state index contributed by atoms with van der Waals surface area (Å²) in [4.78, 5) is 41.3. The standard InChI is InChI=1S/C25H31N3O3/c1-4-6-15-27-17-20(16-23(27)29)24(30)26-21-13-11-19(12-14-21)25(31)28(5-2)22-10-8-7-9-18(22)3/h7-14,20H,4-6,15-17H2,1-3H3,(H,26,30)/t20-/m1/s1. The third-order valence-corrected chi connectivity index (χ3v) is 5.73. The van der Waals surface area contributed by atoms with Crippen molar-refractivity contribution in [3.05, 3.63) is 59.7 Å². The Morgan fingerprint density at radius 3 is 2.45 bits per heavy atom. The molecule has 0 aliphatic carbocycles. The molecule has 1 aliphatic heterocycles. The van der Waals surface area contributed by atoms with Crippen LogP contribution < -0.4 is 10.2 Å². The van der Waals surface area contributed by atoms with E-state index in [1.807, 2.05) is 38.1 Å². The molecule has 2 aromatic carbocycles. The number of benzene rings is 2. The average Bonchev–Trinajstić information content (AvgIpc) is 3.15. The Hall–Kier alpha value is -3.15. The molecular weight excluding hydrogens is 390 g/mol. The second kappa shape index (κ2) is 10.2. The van der Waals surface area contributed by atoms with Gasteiger partial charge in [-0.15, -0.1) is 0 Å². The summed E-state index contributed by atoms with van der Waals surface area (Å²) in [5.74, 6) is -0.517. The van der Waals surface area contributed by atoms with Crippen molar-refractivity contribution in [2.45, 2.75) is 40.0 Å². The molecule has 0 aromatic heterocycles. The molecular formula is C25H31N3O3. The summed E-state index contributed by atoms with van der Waals surface area (Å²) in [5, 5.41) is 2.89. The molecule has 0 bridgehead atoms. The fourth-order valence-corrected chi connectivity index (χ4v) is 3.90. The molecule has 0 unspecified atom stereocenters. The summed E-state index contributed by atoms with van der Waals surface area (Å²) in [6.45, 7) is 7.77. The maximum absolute atomic E-state index is 13.0. The molecule has 1 N–H and O–H groups in total. The van der Waals surface area contributed by atoms with Gasteiger partial charge in [-0.2, -0.15) is 0 Å². The number of para-hydroxylation sites is 1. The van der Waals surface area contributed by atoms with Crippen molar-refractivity contribution in [2.24, 2.45) is 5.92 Å². The van der Waals surface area contributed by atoms with Crippen LogP contribution in [0.3, 0.4) is 0 Å². The number of unbranched alkanes of at least 4 members (excludes halogenated alkanes) is 1. The van der Waals surface area contributed by atoms with Crippen LogP contribution in [0.2, 0.25) is 0 Å². The third kappa shape index (κ3) is 5.32. The molecule has 1 fully saturated rings. The highest BCUT2D eigenvalue weighted by Crippen LogP contribution is 2.23. The van der Waals surface area contributed by atoms with Crippen molar-refractivity contribution in [2.75, 3.05) is 29.9 Å². The fraction of sp³-hybridized carbons (Fsp3) is 0.400. The number of amides is 3. The van der Waals surface area contributed by atoms with Gasteiger partial charge in [0.25, 0.3) is 5.91 Å². The van der Waals surface area contributed by atoms with E-state index in [0.717, 1.165) is 24.1 Å². The first-order chi connectivity index (χ1) is 14.9. The van der Waals surface area contributed by atoms with E-state index in [1.54, 1.807) is 34.1 Å². The molecule has 1 atom stereocenters. The number of aryl methyl sites for hydroxylation is 1. The molecule has 1 heterocycles. The van der Waals surface area contributed by atoms with Gasteiger partial charge in [0.05, 0.1) is 5.92 Å². The number of carbonyl (C=O) groups excluding carboxylic acids is 3. The van der Waals surface area contributed by atoms with Crippen LogP contribution in [0.1, 0.15) is 49.0 Å². The van der Waals surface area contributed by atoms with Crippen LogP contribution in [0, 0.1) is 12.8 Å². The van der Waals surface area contributed by atoms with Gasteiger partial charge in [-0.3, -0.25) is 14.4 Å². The second-order valence-electron chi connectivity index (χ2n) is 8.00. The van der Waals surface area contributed by atoms with Crippen LogP contribution >= 0.6 is 0 Å². The number of anilines is 2. The van der Waals surface area contributed by atoms with E-state index in [0.29, 0.717) is 30.9 Å². The minimum absolute atomic E-state index is 0.0467. The number of rotatable bonds is 8. The lowest BCUT2D eigenvalue weighted by molar-refractivity contribution is -0.128. The highest BCUT2D eigenvalue weighted by atomic mass is 16.2. The zero-order chi connectivity index (χ0) is 22.4. The van der Waals surface area contributed by atoms with Gasteiger partial charge in [0, 0.05) is 43.0 Å². The lowest BCUT2D eigenvalue weighted by atomic mass is 10.1. The monoisotopic (exact) mass is 421 g/mol. The number of likely N-dealkylation sites (tertiary alicyclic amines) is 1. The average molecular weight is 422 g/mol. The molecule has 0 spiro atoms. The number of nitrogens with one attached hydrogen (secondary N) is 1. The van der Waals surface area contributed by atoms with Crippen LogP contribution in [-0.2, 0) is 9.59 Å². The zero-order valence-corrected chi connectivity index (χ0v) is 18.6. The van der Waals surface area contributed by atoms with Gasteiger partial charge >= 0.3 is 0 Å². The molecule has 1 aliphatic rings. The summed E-state index contributed by atoms with van der Waals surface area (Å²) in [6, 6.07) is 14.7. The van der Waals surface area contributed by atoms with Crippen LogP contribution in [0.15, 0.2) is 48.5 Å². The first kappa shape index (κ1) is 22.5. The van der Waals surface area contributed by atoms with E-state index in [9.17, 15) is 14.4 Å². The lowest BCUT2D eigenvalue weighted by Gasteiger charge is -2.23. The van der Waals surface area contributed by atoms with Crippen molar-refractivity contribution in [1.29, 1.82) is 0 Å². The van der Waals surface area contributed by atoms with Gasteiger partial charge in [-0.05, 0) is 56.2 Å². The Balaban J connectivity index is 1.63. The summed E-state index contributed by atoms with van der Waals surface area (Å²) in [7, 11) is 0. The van der Waals surface area contributed by atoms with Gasteiger partial charge in [0.2, 0.25) is 11.8 Å². The van der Waals surface area contributed by atoms with E-state index in [-0.39, 0.29) is 30.1 Å². The number of hydrogen-bond donors (Lipinski definition) is 1. The molecule has 164 valence electrons. The molecule has 31 heavy (non-hydrogen) atoms. The molecule has 3 amide bonds. The lowest BCUT2D eigenvalue weighted by Crippen LogP contribution is -2.31. The topological polar surface area (TPSA) is 69.7 Å². The number of carbonyl (C=O) groups is 3. The predicted octanol–water partition coefficient (Wildman–Crippen LogP) is 4.25. The Morgan fingerprint density at radius 1 is 1.10 bits per heavy atom. The second-order valence-corrected chi connectivity index (χ2v) is 8.00. The highest BCUT2D eigenvalue weighted by molar-refractivity contribution is 6.07. The number of hydrogen-bond acceptors (Lipinski definition) is 3. The molecule has 1 saturated heterocycles. The maximum Gasteiger partial charge on any atom is 0.258 e. The molecule has 6 nitrogen and oxygen atoms in total. The summed E-state index contributed by atoms with van der Waals surface area (Å²) in [5.41, 5.74) is 3.12. The van der Waals surface area contributed by atoms with Crippen LogP contribution in [0.5, 0.6) is 0 Å². The smallest absolute Gasteiger partial charge is 0.258 e. The van der Waals surface area contributed by atoms with Gasteiger partial charge in [0.15, 0.2) is 0 Å². The molecule has 0 radical (unpaired) electrons. The minimum atomic E-state index is -0.331. The zero-order valence-electron chi connectivity index (χ0n) is 18.6. The summed E-state index contributed by atoms with van der Waals surface area (Å²) >= 11 is 0. The van der Waals surface area contributed by atoms with Gasteiger partial charge in [0.1, 0.15) is 0 Å². The molecule has 2 aromatic rings. The molecule has 6 heteroatoms. The van der Waals surface area contributed by atoms with Crippen molar-refractivity contribution in [3.63, 3.8) is 0 Å². The van der Waals surface area contributed by atoms with Crippen molar-refractivity contribution in [3.8, 4) is 0 Å². The maximum atomic E-state index is 13.0. The fourth-order valence-electron chi connectivity index (χ4n) is 3.90. The Kier molecular flexibility index (Phi) is 7.45. The van der Waals surface area contributed by atoms with Gasteiger partial charge in [-0.25, -0.2) is 0 Å². The summed E-state index contributed by atoms with van der Waals surface area (Å²) < 4.78 is 0. The van der Waals surface area contributed by atoms with Gasteiger partial charge < -0.3 is 15.1 Å². The van der Waals surface area contributed by atoms with Crippen molar-refractivity contribution in [1.82, 2.24) is 4.90 Å². The normalized spacial score (nSPS) is 15.8. The van der Waals surface area contributed by atoms with E-state index < -0.39 is 0 Å². The Bertz CT molecular complexity index is 939.